The van der Waals surface area contributed by atoms with E-state index in [1.165, 1.54) is 19.3 Å². The van der Waals surface area contributed by atoms with Gasteiger partial charge < -0.3 is 0 Å². The summed E-state index contributed by atoms with van der Waals surface area (Å²) in [5.74, 6) is 1.07. The monoisotopic (exact) mass is 328 g/mol. The van der Waals surface area contributed by atoms with Gasteiger partial charge in [0.15, 0.2) is 0 Å². The van der Waals surface area contributed by atoms with Gasteiger partial charge in [0.1, 0.15) is 0 Å². The summed E-state index contributed by atoms with van der Waals surface area (Å²) in [5, 5.41) is 0. The van der Waals surface area contributed by atoms with E-state index in [-0.39, 0.29) is 16.4 Å². The van der Waals surface area contributed by atoms with Crippen molar-refractivity contribution in [3.63, 3.8) is 0 Å². The van der Waals surface area contributed by atoms with Crippen molar-refractivity contribution < 1.29 is 0 Å². The van der Waals surface area contributed by atoms with Gasteiger partial charge in [-0.15, -0.1) is 33.2 Å². The Labute approximate surface area is 128 Å². The van der Waals surface area contributed by atoms with E-state index in [4.69, 9.17) is 33.2 Å². The van der Waals surface area contributed by atoms with Gasteiger partial charge in [-0.25, -0.2) is 0 Å². The Hall–Kier alpha value is 1.09. The molecule has 0 heterocycles. The van der Waals surface area contributed by atoms with Gasteiger partial charge in [-0.1, -0.05) is 48.0 Å². The molecular weight excluding hydrogens is 303 g/mol. The molecule has 0 saturated heterocycles. The molecule has 0 N–H and O–H groups in total. The van der Waals surface area contributed by atoms with E-state index in [1.54, 1.807) is 0 Å². The molecule has 2 unspecified atom stereocenters. The van der Waals surface area contributed by atoms with E-state index in [1.807, 2.05) is 0 Å². The van der Waals surface area contributed by atoms with Gasteiger partial charge in [-0.2, -0.15) is 0 Å². The fourth-order valence-electron chi connectivity index (χ4n) is 3.60. The number of rotatable bonds is 1. The molecule has 1 aliphatic carbocycles. The summed E-state index contributed by atoms with van der Waals surface area (Å²) in [6.07, 6.45) is 3.69. The number of hydrogen-bond donors (Lipinski definition) is 0. The van der Waals surface area contributed by atoms with Crippen molar-refractivity contribution in [1.82, 2.24) is 0 Å². The molecular formula is C14H27Cl3Si. The van der Waals surface area contributed by atoms with Gasteiger partial charge in [0.25, 0.3) is 0 Å². The maximum Gasteiger partial charge on any atom is 0.344 e. The Morgan fingerprint density at radius 1 is 0.778 bits per heavy atom. The number of hydrogen-bond acceptors (Lipinski definition) is 0. The van der Waals surface area contributed by atoms with E-state index in [0.29, 0.717) is 11.8 Å². The lowest BCUT2D eigenvalue weighted by Crippen LogP contribution is -2.45. The van der Waals surface area contributed by atoms with Gasteiger partial charge in [-0.3, -0.25) is 0 Å². The normalized spacial score (nSPS) is 31.5. The van der Waals surface area contributed by atoms with Gasteiger partial charge in [0.2, 0.25) is 0 Å². The van der Waals surface area contributed by atoms with Crippen LogP contribution < -0.4 is 0 Å². The summed E-state index contributed by atoms with van der Waals surface area (Å²) in [7, 11) is 0. The Balaban J connectivity index is 3.14. The van der Waals surface area contributed by atoms with E-state index in [9.17, 15) is 0 Å². The van der Waals surface area contributed by atoms with E-state index in [2.05, 4.69) is 41.5 Å². The minimum absolute atomic E-state index is 0.228. The second kappa shape index (κ2) is 5.46. The van der Waals surface area contributed by atoms with Crippen LogP contribution in [0.5, 0.6) is 0 Å². The third-order valence-corrected chi connectivity index (χ3v) is 8.33. The third kappa shape index (κ3) is 4.04. The van der Waals surface area contributed by atoms with Crippen LogP contribution in [0.25, 0.3) is 0 Å². The first kappa shape index (κ1) is 17.1. The van der Waals surface area contributed by atoms with Gasteiger partial charge >= 0.3 is 6.00 Å². The smallest absolute Gasteiger partial charge is 0.126 e. The summed E-state index contributed by atoms with van der Waals surface area (Å²) in [5.41, 5.74) is 0.744. The first-order valence-electron chi connectivity index (χ1n) is 6.92. The highest BCUT2D eigenvalue weighted by atomic mass is 35.8. The van der Waals surface area contributed by atoms with Crippen LogP contribution in [0.3, 0.4) is 0 Å². The van der Waals surface area contributed by atoms with Crippen LogP contribution in [0.2, 0.25) is 5.54 Å². The zero-order valence-corrected chi connectivity index (χ0v) is 15.8. The van der Waals surface area contributed by atoms with Crippen LogP contribution in [0, 0.1) is 22.7 Å². The Morgan fingerprint density at radius 3 is 1.33 bits per heavy atom. The van der Waals surface area contributed by atoms with Crippen molar-refractivity contribution in [2.75, 3.05) is 0 Å². The average Bonchev–Trinajstić information content (AvgIpc) is 2.12. The molecule has 1 fully saturated rings. The van der Waals surface area contributed by atoms with Crippen molar-refractivity contribution >= 4 is 39.2 Å². The SMILES string of the molecule is CC(C)(C)C1CCCC(C(C)(C)C)C1[Si](Cl)(Cl)Cl. The van der Waals surface area contributed by atoms with Crippen LogP contribution in [0.1, 0.15) is 60.8 Å². The maximum absolute atomic E-state index is 6.48. The maximum atomic E-state index is 6.48. The zero-order valence-electron chi connectivity index (χ0n) is 12.5. The molecule has 0 spiro atoms. The van der Waals surface area contributed by atoms with Crippen LogP contribution in [0.4, 0.5) is 0 Å². The molecule has 0 amide bonds. The summed E-state index contributed by atoms with van der Waals surface area (Å²) in [6.45, 7) is 13.8. The lowest BCUT2D eigenvalue weighted by Gasteiger charge is -2.51. The average molecular weight is 330 g/mol. The minimum Gasteiger partial charge on any atom is -0.126 e. The van der Waals surface area contributed by atoms with E-state index < -0.39 is 6.00 Å². The van der Waals surface area contributed by atoms with Gasteiger partial charge in [0.05, 0.1) is 0 Å². The summed E-state index contributed by atoms with van der Waals surface area (Å²) in [4.78, 5) is 0. The largest absolute Gasteiger partial charge is 0.344 e. The molecule has 2 atom stereocenters. The predicted octanol–water partition coefficient (Wildman–Crippen LogP) is 6.52. The Morgan fingerprint density at radius 2 is 1.11 bits per heavy atom. The molecule has 0 aromatic heterocycles. The molecule has 0 nitrogen and oxygen atoms in total. The lowest BCUT2D eigenvalue weighted by atomic mass is 9.63. The van der Waals surface area contributed by atoms with Crippen molar-refractivity contribution in [2.24, 2.45) is 22.7 Å². The molecule has 0 aromatic carbocycles. The Kier molecular flexibility index (Phi) is 5.20. The highest BCUT2D eigenvalue weighted by Gasteiger charge is 2.53. The van der Waals surface area contributed by atoms with Crippen molar-refractivity contribution in [3.8, 4) is 0 Å². The molecule has 0 bridgehead atoms. The predicted molar refractivity (Wildman–Crippen MR) is 86.8 cm³/mol. The topological polar surface area (TPSA) is 0 Å². The molecule has 4 heteroatoms. The lowest BCUT2D eigenvalue weighted by molar-refractivity contribution is 0.0826. The standard InChI is InChI=1S/C14H27Cl3Si/c1-13(2,3)10-8-7-9-11(14(4,5)6)12(10)18(15,16)17/h10-12H,7-9H2,1-6H3. The van der Waals surface area contributed by atoms with Gasteiger partial charge in [-0.05, 0) is 35.5 Å². The first-order chi connectivity index (χ1) is 7.85. The fraction of sp³-hybridized carbons (Fsp3) is 1.00. The summed E-state index contributed by atoms with van der Waals surface area (Å²) in [6, 6.07) is -2.69. The Bertz CT molecular complexity index is 261. The molecule has 18 heavy (non-hydrogen) atoms. The van der Waals surface area contributed by atoms with E-state index >= 15 is 0 Å². The highest BCUT2D eigenvalue weighted by molar-refractivity contribution is 7.65. The molecule has 108 valence electrons. The molecule has 1 rings (SSSR count). The van der Waals surface area contributed by atoms with Crippen molar-refractivity contribution in [2.45, 2.75) is 66.3 Å². The van der Waals surface area contributed by atoms with E-state index in [0.717, 1.165) is 0 Å². The zero-order chi connectivity index (χ0) is 14.4. The first-order valence-corrected chi connectivity index (χ1v) is 12.0. The fourth-order valence-corrected chi connectivity index (χ4v) is 8.58. The highest BCUT2D eigenvalue weighted by Crippen LogP contribution is 2.59. The molecule has 0 aromatic rings. The van der Waals surface area contributed by atoms with Crippen LogP contribution in [0.15, 0.2) is 0 Å². The quantitative estimate of drug-likeness (QED) is 0.379. The van der Waals surface area contributed by atoms with Gasteiger partial charge in [0, 0.05) is 5.54 Å². The van der Waals surface area contributed by atoms with Crippen molar-refractivity contribution in [1.29, 1.82) is 0 Å². The number of halogens is 3. The molecule has 0 radical (unpaired) electrons. The molecule has 0 aliphatic heterocycles. The summed E-state index contributed by atoms with van der Waals surface area (Å²) < 4.78 is 0. The minimum atomic E-state index is -2.69. The van der Waals surface area contributed by atoms with Crippen molar-refractivity contribution in [3.05, 3.63) is 0 Å². The second-order valence-corrected chi connectivity index (χ2v) is 16.8. The van der Waals surface area contributed by atoms with Crippen LogP contribution in [-0.4, -0.2) is 6.00 Å². The third-order valence-electron chi connectivity index (χ3n) is 4.50. The van der Waals surface area contributed by atoms with Crippen LogP contribution in [-0.2, 0) is 0 Å². The second-order valence-electron chi connectivity index (χ2n) is 7.94. The van der Waals surface area contributed by atoms with Crippen LogP contribution >= 0.6 is 33.2 Å². The molecule has 1 aliphatic rings. The molecule has 1 saturated carbocycles. The summed E-state index contributed by atoms with van der Waals surface area (Å²) >= 11 is 19.4.